The Morgan fingerprint density at radius 2 is 2.06 bits per heavy atom. The summed E-state index contributed by atoms with van der Waals surface area (Å²) in [6, 6.07) is 5.18. The molecule has 1 heterocycles. The van der Waals surface area contributed by atoms with Crippen LogP contribution in [0.15, 0.2) is 18.2 Å². The molecule has 17 heavy (non-hydrogen) atoms. The maximum atomic E-state index is 12.0. The number of aliphatic hydroxyl groups excluding tert-OH is 1. The molecule has 1 fully saturated rings. The van der Waals surface area contributed by atoms with E-state index in [0.717, 1.165) is 0 Å². The molecule has 2 rings (SSSR count). The van der Waals surface area contributed by atoms with E-state index in [9.17, 15) is 9.90 Å². The van der Waals surface area contributed by atoms with E-state index >= 15 is 0 Å². The number of benzene rings is 1. The molecular weight excluding hydrogens is 261 g/mol. The van der Waals surface area contributed by atoms with Gasteiger partial charge in [-0.1, -0.05) is 29.3 Å². The molecule has 3 nitrogen and oxygen atoms in total. The van der Waals surface area contributed by atoms with Gasteiger partial charge in [0.15, 0.2) is 0 Å². The van der Waals surface area contributed by atoms with Crippen molar-refractivity contribution in [1.82, 2.24) is 4.90 Å². The zero-order valence-electron chi connectivity index (χ0n) is 9.20. The first-order valence-electron chi connectivity index (χ1n) is 5.46. The smallest absolute Gasteiger partial charge is 0.227 e. The topological polar surface area (TPSA) is 40.5 Å². The lowest BCUT2D eigenvalue weighted by Crippen LogP contribution is -2.31. The van der Waals surface area contributed by atoms with Gasteiger partial charge in [0.25, 0.3) is 0 Å². The Balaban J connectivity index is 2.08. The van der Waals surface area contributed by atoms with Gasteiger partial charge in [0.05, 0.1) is 12.5 Å². The highest BCUT2D eigenvalue weighted by Crippen LogP contribution is 2.25. The second kappa shape index (κ2) is 5.25. The van der Waals surface area contributed by atoms with Gasteiger partial charge in [-0.2, -0.15) is 0 Å². The van der Waals surface area contributed by atoms with E-state index in [1.54, 1.807) is 23.1 Å². The van der Waals surface area contributed by atoms with Crippen molar-refractivity contribution >= 4 is 29.1 Å². The first kappa shape index (κ1) is 12.7. The number of aliphatic hydroxyl groups is 1. The molecule has 0 saturated carbocycles. The summed E-state index contributed by atoms with van der Waals surface area (Å²) in [6.07, 6.45) is 0.424. The molecule has 0 aliphatic carbocycles. The Morgan fingerprint density at radius 3 is 2.59 bits per heavy atom. The van der Waals surface area contributed by atoms with E-state index in [2.05, 4.69) is 0 Å². The van der Waals surface area contributed by atoms with Gasteiger partial charge >= 0.3 is 0 Å². The van der Waals surface area contributed by atoms with Crippen molar-refractivity contribution in [3.05, 3.63) is 33.8 Å². The van der Waals surface area contributed by atoms with Crippen molar-refractivity contribution in [2.24, 2.45) is 0 Å². The van der Waals surface area contributed by atoms with Gasteiger partial charge in [0.1, 0.15) is 0 Å². The minimum atomic E-state index is -0.402. The molecule has 1 unspecified atom stereocenters. The number of hydrogen-bond acceptors (Lipinski definition) is 2. The molecule has 92 valence electrons. The van der Waals surface area contributed by atoms with Crippen molar-refractivity contribution in [3.63, 3.8) is 0 Å². The highest BCUT2D eigenvalue weighted by molar-refractivity contribution is 6.36. The van der Waals surface area contributed by atoms with Gasteiger partial charge in [-0.05, 0) is 24.1 Å². The molecule has 0 bridgehead atoms. The largest absolute Gasteiger partial charge is 0.391 e. The van der Waals surface area contributed by atoms with Crippen LogP contribution in [0.25, 0.3) is 0 Å². The monoisotopic (exact) mass is 273 g/mol. The molecule has 1 atom stereocenters. The molecule has 1 amide bonds. The Hall–Kier alpha value is -0.770. The summed E-state index contributed by atoms with van der Waals surface area (Å²) in [5, 5.41) is 10.4. The molecule has 1 saturated heterocycles. The van der Waals surface area contributed by atoms with Crippen LogP contribution in [0.3, 0.4) is 0 Å². The number of nitrogens with zero attached hydrogens (tertiary/aromatic N) is 1. The number of β-amino-alcohol motifs (C(OH)–C–C–N with tert-alkyl or cyclic N) is 1. The Morgan fingerprint density at radius 1 is 1.41 bits per heavy atom. The van der Waals surface area contributed by atoms with Gasteiger partial charge in [-0.25, -0.2) is 0 Å². The minimum Gasteiger partial charge on any atom is -0.391 e. The average molecular weight is 274 g/mol. The van der Waals surface area contributed by atoms with E-state index in [1.807, 2.05) is 0 Å². The first-order chi connectivity index (χ1) is 8.08. The maximum Gasteiger partial charge on any atom is 0.227 e. The zero-order valence-corrected chi connectivity index (χ0v) is 10.7. The molecular formula is C12H13Cl2NO2. The quantitative estimate of drug-likeness (QED) is 0.897. The number of carbonyl (C=O) groups excluding carboxylic acids is 1. The fourth-order valence-corrected chi connectivity index (χ4v) is 2.46. The lowest BCUT2D eigenvalue weighted by atomic mass is 10.1. The van der Waals surface area contributed by atoms with E-state index in [4.69, 9.17) is 23.2 Å². The predicted molar refractivity (Wildman–Crippen MR) is 67.4 cm³/mol. The Kier molecular flexibility index (Phi) is 3.92. The van der Waals surface area contributed by atoms with Gasteiger partial charge in [-0.3, -0.25) is 4.79 Å². The summed E-state index contributed by atoms with van der Waals surface area (Å²) in [4.78, 5) is 13.6. The van der Waals surface area contributed by atoms with E-state index in [1.165, 1.54) is 0 Å². The summed E-state index contributed by atoms with van der Waals surface area (Å²) in [6.45, 7) is 1.00. The molecule has 1 aromatic carbocycles. The zero-order chi connectivity index (χ0) is 12.4. The molecule has 1 aromatic rings. The molecule has 0 spiro atoms. The van der Waals surface area contributed by atoms with Gasteiger partial charge < -0.3 is 10.0 Å². The van der Waals surface area contributed by atoms with Gasteiger partial charge in [0, 0.05) is 23.1 Å². The Labute approximate surface area is 110 Å². The molecule has 1 aliphatic heterocycles. The van der Waals surface area contributed by atoms with Crippen molar-refractivity contribution in [3.8, 4) is 0 Å². The van der Waals surface area contributed by atoms with Crippen molar-refractivity contribution in [2.75, 3.05) is 13.1 Å². The molecule has 1 N–H and O–H groups in total. The highest BCUT2D eigenvalue weighted by Gasteiger charge is 2.25. The third-order valence-electron chi connectivity index (χ3n) is 2.91. The summed E-state index contributed by atoms with van der Waals surface area (Å²) >= 11 is 12.0. The summed E-state index contributed by atoms with van der Waals surface area (Å²) in [5.74, 6) is -0.0449. The van der Waals surface area contributed by atoms with Crippen molar-refractivity contribution < 1.29 is 9.90 Å². The van der Waals surface area contributed by atoms with Crippen LogP contribution < -0.4 is 0 Å². The standard InChI is InChI=1S/C12H13Cl2NO2/c13-10-2-1-3-11(14)9(10)6-12(17)15-5-4-8(16)7-15/h1-3,8,16H,4-7H2. The lowest BCUT2D eigenvalue weighted by molar-refractivity contribution is -0.129. The second-order valence-electron chi connectivity index (χ2n) is 4.16. The first-order valence-corrected chi connectivity index (χ1v) is 6.22. The summed E-state index contributed by atoms with van der Waals surface area (Å²) < 4.78 is 0. The summed E-state index contributed by atoms with van der Waals surface area (Å²) in [5.41, 5.74) is 0.655. The van der Waals surface area contributed by atoms with Crippen LogP contribution in [0.2, 0.25) is 10.0 Å². The van der Waals surface area contributed by atoms with Crippen LogP contribution in [0.1, 0.15) is 12.0 Å². The van der Waals surface area contributed by atoms with Crippen LogP contribution >= 0.6 is 23.2 Å². The number of amides is 1. The average Bonchev–Trinajstić information content (AvgIpc) is 2.70. The number of hydrogen-bond donors (Lipinski definition) is 1. The van der Waals surface area contributed by atoms with Crippen molar-refractivity contribution in [1.29, 1.82) is 0 Å². The predicted octanol–water partition coefficient (Wildman–Crippen LogP) is 2.13. The number of rotatable bonds is 2. The van der Waals surface area contributed by atoms with E-state index in [-0.39, 0.29) is 12.3 Å². The number of carbonyl (C=O) groups is 1. The van der Waals surface area contributed by atoms with Gasteiger partial charge in [0.2, 0.25) is 5.91 Å². The Bertz CT molecular complexity index is 416. The van der Waals surface area contributed by atoms with E-state index in [0.29, 0.717) is 35.1 Å². The molecule has 0 aromatic heterocycles. The fraction of sp³-hybridized carbons (Fsp3) is 0.417. The summed E-state index contributed by atoms with van der Waals surface area (Å²) in [7, 11) is 0. The highest BCUT2D eigenvalue weighted by atomic mass is 35.5. The van der Waals surface area contributed by atoms with Crippen molar-refractivity contribution in [2.45, 2.75) is 18.9 Å². The molecule has 1 aliphatic rings. The number of halogens is 2. The third-order valence-corrected chi connectivity index (χ3v) is 3.61. The normalized spacial score (nSPS) is 19.7. The molecule has 5 heteroatoms. The van der Waals surface area contributed by atoms with Crippen LogP contribution in [-0.2, 0) is 11.2 Å². The SMILES string of the molecule is O=C(Cc1c(Cl)cccc1Cl)N1CCC(O)C1. The second-order valence-corrected chi connectivity index (χ2v) is 4.97. The maximum absolute atomic E-state index is 12.0. The van der Waals surface area contributed by atoms with Crippen LogP contribution in [0, 0.1) is 0 Å². The van der Waals surface area contributed by atoms with Crippen LogP contribution in [0.4, 0.5) is 0 Å². The van der Waals surface area contributed by atoms with Crippen LogP contribution in [-0.4, -0.2) is 35.1 Å². The number of likely N-dealkylation sites (tertiary alicyclic amines) is 1. The lowest BCUT2D eigenvalue weighted by Gasteiger charge is -2.16. The van der Waals surface area contributed by atoms with Gasteiger partial charge in [-0.15, -0.1) is 0 Å². The van der Waals surface area contributed by atoms with E-state index < -0.39 is 6.10 Å². The third kappa shape index (κ3) is 2.92. The van der Waals surface area contributed by atoms with Crippen LogP contribution in [0.5, 0.6) is 0 Å². The molecule has 0 radical (unpaired) electrons. The minimum absolute atomic E-state index is 0.0449. The fourth-order valence-electron chi connectivity index (χ4n) is 1.93.